The molecule has 0 spiro atoms. The lowest BCUT2D eigenvalue weighted by Gasteiger charge is -2.08. The average molecular weight is 257 g/mol. The second kappa shape index (κ2) is 6.81. The SMILES string of the molecule is Cc1ccc(OCCNCc2ccc(O)cc2)cc1. The Morgan fingerprint density at radius 1 is 1.00 bits per heavy atom. The molecule has 0 atom stereocenters. The fourth-order valence-corrected chi connectivity index (χ4v) is 1.72. The van der Waals surface area contributed by atoms with Gasteiger partial charge in [0.2, 0.25) is 0 Å². The summed E-state index contributed by atoms with van der Waals surface area (Å²) in [5.74, 6) is 1.20. The number of hydrogen-bond donors (Lipinski definition) is 2. The van der Waals surface area contributed by atoms with Gasteiger partial charge in [-0.15, -0.1) is 0 Å². The summed E-state index contributed by atoms with van der Waals surface area (Å²) in [6.07, 6.45) is 0. The molecule has 2 aromatic carbocycles. The minimum Gasteiger partial charge on any atom is -0.508 e. The number of ether oxygens (including phenoxy) is 1. The molecule has 0 saturated heterocycles. The van der Waals surface area contributed by atoms with Crippen molar-refractivity contribution in [1.82, 2.24) is 5.32 Å². The largest absolute Gasteiger partial charge is 0.508 e. The number of aryl methyl sites for hydroxylation is 1. The molecule has 0 amide bonds. The topological polar surface area (TPSA) is 41.5 Å². The first-order valence-electron chi connectivity index (χ1n) is 6.42. The molecule has 0 aromatic heterocycles. The third-order valence-electron chi connectivity index (χ3n) is 2.83. The highest BCUT2D eigenvalue weighted by molar-refractivity contribution is 5.26. The normalized spacial score (nSPS) is 10.4. The van der Waals surface area contributed by atoms with Crippen LogP contribution in [0.2, 0.25) is 0 Å². The lowest BCUT2D eigenvalue weighted by atomic mass is 10.2. The number of nitrogens with one attached hydrogen (secondary N) is 1. The molecule has 3 heteroatoms. The lowest BCUT2D eigenvalue weighted by molar-refractivity contribution is 0.313. The van der Waals surface area contributed by atoms with Gasteiger partial charge in [-0.2, -0.15) is 0 Å². The molecule has 19 heavy (non-hydrogen) atoms. The quantitative estimate of drug-likeness (QED) is 0.782. The van der Waals surface area contributed by atoms with E-state index in [2.05, 4.69) is 12.2 Å². The highest BCUT2D eigenvalue weighted by atomic mass is 16.5. The van der Waals surface area contributed by atoms with Crippen LogP contribution in [-0.4, -0.2) is 18.3 Å². The van der Waals surface area contributed by atoms with Crippen LogP contribution in [0.4, 0.5) is 0 Å². The monoisotopic (exact) mass is 257 g/mol. The summed E-state index contributed by atoms with van der Waals surface area (Å²) < 4.78 is 5.62. The van der Waals surface area contributed by atoms with Crippen molar-refractivity contribution in [1.29, 1.82) is 0 Å². The molecule has 3 nitrogen and oxygen atoms in total. The van der Waals surface area contributed by atoms with Crippen LogP contribution in [0.25, 0.3) is 0 Å². The molecule has 100 valence electrons. The molecule has 0 aliphatic carbocycles. The molecule has 0 heterocycles. The Balaban J connectivity index is 1.64. The summed E-state index contributed by atoms with van der Waals surface area (Å²) in [6, 6.07) is 15.2. The third kappa shape index (κ3) is 4.64. The maximum Gasteiger partial charge on any atom is 0.119 e. The highest BCUT2D eigenvalue weighted by Gasteiger charge is 1.95. The molecule has 0 aliphatic rings. The number of phenolic OH excluding ortho intramolecular Hbond substituents is 1. The maximum atomic E-state index is 9.17. The number of aromatic hydroxyl groups is 1. The molecule has 0 aliphatic heterocycles. The highest BCUT2D eigenvalue weighted by Crippen LogP contribution is 2.11. The van der Waals surface area contributed by atoms with E-state index in [0.29, 0.717) is 12.4 Å². The minimum absolute atomic E-state index is 0.298. The summed E-state index contributed by atoms with van der Waals surface area (Å²) in [7, 11) is 0. The van der Waals surface area contributed by atoms with Gasteiger partial charge in [-0.3, -0.25) is 0 Å². The molecule has 2 N–H and O–H groups in total. The first-order valence-corrected chi connectivity index (χ1v) is 6.42. The molecule has 0 radical (unpaired) electrons. The Morgan fingerprint density at radius 2 is 1.68 bits per heavy atom. The number of rotatable bonds is 6. The van der Waals surface area contributed by atoms with Gasteiger partial charge in [0, 0.05) is 13.1 Å². The van der Waals surface area contributed by atoms with Gasteiger partial charge in [-0.1, -0.05) is 29.8 Å². The minimum atomic E-state index is 0.298. The standard InChI is InChI=1S/C16H19NO2/c1-13-2-8-16(9-3-13)19-11-10-17-12-14-4-6-15(18)7-5-14/h2-9,17-18H,10-12H2,1H3. The molecule has 2 rings (SSSR count). The Morgan fingerprint density at radius 3 is 2.37 bits per heavy atom. The van der Waals surface area contributed by atoms with Crippen molar-refractivity contribution < 1.29 is 9.84 Å². The smallest absolute Gasteiger partial charge is 0.119 e. The van der Waals surface area contributed by atoms with Crippen LogP contribution in [0.15, 0.2) is 48.5 Å². The zero-order valence-electron chi connectivity index (χ0n) is 11.1. The van der Waals surface area contributed by atoms with Crippen molar-refractivity contribution in [3.8, 4) is 11.5 Å². The fourth-order valence-electron chi connectivity index (χ4n) is 1.72. The van der Waals surface area contributed by atoms with Crippen molar-refractivity contribution in [2.45, 2.75) is 13.5 Å². The van der Waals surface area contributed by atoms with Gasteiger partial charge >= 0.3 is 0 Å². The lowest BCUT2D eigenvalue weighted by Crippen LogP contribution is -2.20. The van der Waals surface area contributed by atoms with Crippen molar-refractivity contribution in [2.75, 3.05) is 13.2 Å². The van der Waals surface area contributed by atoms with Gasteiger partial charge in [0.05, 0.1) is 0 Å². The first-order chi connectivity index (χ1) is 9.24. The zero-order chi connectivity index (χ0) is 13.5. The number of phenols is 1. The molecule has 0 saturated carbocycles. The van der Waals surface area contributed by atoms with Crippen molar-refractivity contribution in [2.24, 2.45) is 0 Å². The Bertz CT molecular complexity index is 444. The zero-order valence-corrected chi connectivity index (χ0v) is 11.1. The predicted molar refractivity (Wildman–Crippen MR) is 76.5 cm³/mol. The molecule has 0 fully saturated rings. The summed E-state index contributed by atoms with van der Waals surface area (Å²) in [5, 5.41) is 12.5. The second-order valence-corrected chi connectivity index (χ2v) is 4.50. The summed E-state index contributed by atoms with van der Waals surface area (Å²) in [6.45, 7) is 4.26. The second-order valence-electron chi connectivity index (χ2n) is 4.50. The van der Waals surface area contributed by atoms with Crippen LogP contribution in [0.3, 0.4) is 0 Å². The van der Waals surface area contributed by atoms with E-state index in [9.17, 15) is 5.11 Å². The van der Waals surface area contributed by atoms with Crippen LogP contribution in [0, 0.1) is 6.92 Å². The molecule has 2 aromatic rings. The predicted octanol–water partition coefficient (Wildman–Crippen LogP) is 2.87. The Hall–Kier alpha value is -2.00. The maximum absolute atomic E-state index is 9.17. The molecule has 0 bridgehead atoms. The van der Waals surface area contributed by atoms with Gasteiger partial charge in [-0.05, 0) is 36.8 Å². The van der Waals surface area contributed by atoms with Crippen LogP contribution < -0.4 is 10.1 Å². The van der Waals surface area contributed by atoms with E-state index in [0.717, 1.165) is 24.4 Å². The van der Waals surface area contributed by atoms with Gasteiger partial charge < -0.3 is 15.2 Å². The van der Waals surface area contributed by atoms with E-state index in [-0.39, 0.29) is 0 Å². The van der Waals surface area contributed by atoms with E-state index >= 15 is 0 Å². The van der Waals surface area contributed by atoms with Gasteiger partial charge in [0.1, 0.15) is 18.1 Å². The summed E-state index contributed by atoms with van der Waals surface area (Å²) >= 11 is 0. The van der Waals surface area contributed by atoms with E-state index < -0.39 is 0 Å². The summed E-state index contributed by atoms with van der Waals surface area (Å²) in [4.78, 5) is 0. The van der Waals surface area contributed by atoms with Gasteiger partial charge in [0.15, 0.2) is 0 Å². The fraction of sp³-hybridized carbons (Fsp3) is 0.250. The van der Waals surface area contributed by atoms with Crippen LogP contribution >= 0.6 is 0 Å². The number of hydrogen-bond acceptors (Lipinski definition) is 3. The van der Waals surface area contributed by atoms with E-state index in [1.165, 1.54) is 5.56 Å². The van der Waals surface area contributed by atoms with Crippen LogP contribution in [0.1, 0.15) is 11.1 Å². The molecular formula is C16H19NO2. The molecule has 0 unspecified atom stereocenters. The summed E-state index contributed by atoms with van der Waals surface area (Å²) in [5.41, 5.74) is 2.38. The first kappa shape index (κ1) is 13.4. The van der Waals surface area contributed by atoms with E-state index in [1.807, 2.05) is 36.4 Å². The molecular weight excluding hydrogens is 238 g/mol. The van der Waals surface area contributed by atoms with Crippen molar-refractivity contribution >= 4 is 0 Å². The van der Waals surface area contributed by atoms with E-state index in [1.54, 1.807) is 12.1 Å². The van der Waals surface area contributed by atoms with Gasteiger partial charge in [0.25, 0.3) is 0 Å². The van der Waals surface area contributed by atoms with Crippen molar-refractivity contribution in [3.63, 3.8) is 0 Å². The van der Waals surface area contributed by atoms with E-state index in [4.69, 9.17) is 4.74 Å². The third-order valence-corrected chi connectivity index (χ3v) is 2.83. The van der Waals surface area contributed by atoms with Gasteiger partial charge in [-0.25, -0.2) is 0 Å². The van der Waals surface area contributed by atoms with Crippen LogP contribution in [0.5, 0.6) is 11.5 Å². The average Bonchev–Trinajstić information content (AvgIpc) is 2.43. The van der Waals surface area contributed by atoms with Crippen LogP contribution in [-0.2, 0) is 6.54 Å². The Kier molecular flexibility index (Phi) is 4.81. The number of benzene rings is 2. The van der Waals surface area contributed by atoms with Crippen molar-refractivity contribution in [3.05, 3.63) is 59.7 Å². The Labute approximate surface area is 113 Å².